The van der Waals surface area contributed by atoms with Crippen molar-refractivity contribution in [2.45, 2.75) is 25.7 Å². The zero-order chi connectivity index (χ0) is 13.2. The first kappa shape index (κ1) is 12.7. The van der Waals surface area contributed by atoms with Crippen LogP contribution in [-0.2, 0) is 6.42 Å². The Morgan fingerprint density at radius 1 is 1.05 bits per heavy atom. The van der Waals surface area contributed by atoms with E-state index in [2.05, 4.69) is 77.5 Å². The molecular weight excluding hydrogens is 296 g/mol. The number of hydrogen-bond donors (Lipinski definition) is 0. The third kappa shape index (κ3) is 2.28. The minimum absolute atomic E-state index is 0.417. The summed E-state index contributed by atoms with van der Waals surface area (Å²) in [6, 6.07) is 15.2. The SMILES string of the molecule is CCCc1c(Br)ccc2c1C=CC2c1ccccc1. The predicted octanol–water partition coefficient (Wildman–Crippen LogP) is 5.56. The standard InChI is InChI=1S/C18H17Br/c1-2-6-17-16-10-9-14(13-7-4-3-5-8-13)15(16)11-12-18(17)19/h3-5,7-12,14H,2,6H2,1H3. The summed E-state index contributed by atoms with van der Waals surface area (Å²) >= 11 is 3.69. The molecule has 0 nitrogen and oxygen atoms in total. The summed E-state index contributed by atoms with van der Waals surface area (Å²) in [5.74, 6) is 0.417. The Morgan fingerprint density at radius 3 is 2.58 bits per heavy atom. The van der Waals surface area contributed by atoms with Crippen molar-refractivity contribution in [1.29, 1.82) is 0 Å². The molecule has 1 atom stereocenters. The van der Waals surface area contributed by atoms with Crippen molar-refractivity contribution >= 4 is 22.0 Å². The summed E-state index contributed by atoms with van der Waals surface area (Å²) in [5.41, 5.74) is 5.69. The van der Waals surface area contributed by atoms with Gasteiger partial charge in [0.25, 0.3) is 0 Å². The molecule has 0 bridgehead atoms. The van der Waals surface area contributed by atoms with Gasteiger partial charge in [-0.3, -0.25) is 0 Å². The molecule has 96 valence electrons. The van der Waals surface area contributed by atoms with Crippen LogP contribution in [0.2, 0.25) is 0 Å². The summed E-state index contributed by atoms with van der Waals surface area (Å²) in [5, 5.41) is 0. The van der Waals surface area contributed by atoms with Crippen molar-refractivity contribution in [3.63, 3.8) is 0 Å². The zero-order valence-corrected chi connectivity index (χ0v) is 12.7. The van der Waals surface area contributed by atoms with Crippen LogP contribution in [0.1, 0.15) is 41.5 Å². The first-order valence-electron chi connectivity index (χ1n) is 6.85. The van der Waals surface area contributed by atoms with Gasteiger partial charge in [-0.2, -0.15) is 0 Å². The number of halogens is 1. The van der Waals surface area contributed by atoms with Crippen molar-refractivity contribution in [2.24, 2.45) is 0 Å². The lowest BCUT2D eigenvalue weighted by molar-refractivity contribution is 0.909. The molecular formula is C18H17Br. The normalized spacial score (nSPS) is 16.6. The Morgan fingerprint density at radius 2 is 1.84 bits per heavy atom. The molecule has 3 rings (SSSR count). The molecule has 19 heavy (non-hydrogen) atoms. The van der Waals surface area contributed by atoms with Crippen LogP contribution < -0.4 is 0 Å². The third-order valence-electron chi connectivity index (χ3n) is 3.78. The molecule has 0 N–H and O–H groups in total. The smallest absolute Gasteiger partial charge is 0.0278 e. The van der Waals surface area contributed by atoms with Gasteiger partial charge in [-0.1, -0.05) is 77.8 Å². The lowest BCUT2D eigenvalue weighted by Gasteiger charge is -2.15. The first-order valence-corrected chi connectivity index (χ1v) is 7.65. The minimum Gasteiger partial charge on any atom is -0.0720 e. The molecule has 2 aromatic carbocycles. The van der Waals surface area contributed by atoms with Crippen molar-refractivity contribution in [2.75, 3.05) is 0 Å². The van der Waals surface area contributed by atoms with Crippen LogP contribution in [-0.4, -0.2) is 0 Å². The van der Waals surface area contributed by atoms with Gasteiger partial charge in [-0.15, -0.1) is 0 Å². The van der Waals surface area contributed by atoms with E-state index < -0.39 is 0 Å². The number of rotatable bonds is 3. The van der Waals surface area contributed by atoms with Gasteiger partial charge in [0.15, 0.2) is 0 Å². The largest absolute Gasteiger partial charge is 0.0720 e. The maximum Gasteiger partial charge on any atom is 0.0278 e. The van der Waals surface area contributed by atoms with Crippen molar-refractivity contribution in [1.82, 2.24) is 0 Å². The van der Waals surface area contributed by atoms with E-state index in [-0.39, 0.29) is 0 Å². The van der Waals surface area contributed by atoms with Crippen LogP contribution in [0.4, 0.5) is 0 Å². The predicted molar refractivity (Wildman–Crippen MR) is 85.5 cm³/mol. The molecule has 1 aliphatic rings. The highest BCUT2D eigenvalue weighted by Crippen LogP contribution is 2.39. The van der Waals surface area contributed by atoms with Crippen molar-refractivity contribution in [3.8, 4) is 0 Å². The van der Waals surface area contributed by atoms with Crippen LogP contribution in [0.25, 0.3) is 6.08 Å². The molecule has 0 radical (unpaired) electrons. The molecule has 0 heterocycles. The molecule has 1 unspecified atom stereocenters. The lowest BCUT2D eigenvalue weighted by Crippen LogP contribution is -1.99. The Bertz CT molecular complexity index is 611. The monoisotopic (exact) mass is 312 g/mol. The zero-order valence-electron chi connectivity index (χ0n) is 11.1. The first-order chi connectivity index (χ1) is 9.31. The van der Waals surface area contributed by atoms with E-state index in [1.807, 2.05) is 0 Å². The summed E-state index contributed by atoms with van der Waals surface area (Å²) in [6.07, 6.45) is 6.93. The second kappa shape index (κ2) is 5.34. The Kier molecular flexibility index (Phi) is 3.56. The van der Waals surface area contributed by atoms with Gasteiger partial charge in [0.1, 0.15) is 0 Å². The van der Waals surface area contributed by atoms with Crippen molar-refractivity contribution in [3.05, 3.63) is 75.3 Å². The quantitative estimate of drug-likeness (QED) is 0.696. The van der Waals surface area contributed by atoms with E-state index in [1.165, 1.54) is 33.1 Å². The van der Waals surface area contributed by atoms with Crippen LogP contribution in [0.3, 0.4) is 0 Å². The average molecular weight is 313 g/mol. The Hall–Kier alpha value is -1.34. The molecule has 1 heteroatoms. The topological polar surface area (TPSA) is 0 Å². The summed E-state index contributed by atoms with van der Waals surface area (Å²) in [6.45, 7) is 2.24. The van der Waals surface area contributed by atoms with Gasteiger partial charge in [0.05, 0.1) is 0 Å². The molecule has 0 fully saturated rings. The second-order valence-corrected chi connectivity index (χ2v) is 5.88. The molecule has 0 saturated carbocycles. The molecule has 0 aliphatic heterocycles. The molecule has 0 saturated heterocycles. The third-order valence-corrected chi connectivity index (χ3v) is 4.53. The number of benzene rings is 2. The molecule has 2 aromatic rings. The van der Waals surface area contributed by atoms with Gasteiger partial charge < -0.3 is 0 Å². The van der Waals surface area contributed by atoms with Gasteiger partial charge in [0, 0.05) is 10.4 Å². The van der Waals surface area contributed by atoms with E-state index >= 15 is 0 Å². The summed E-state index contributed by atoms with van der Waals surface area (Å²) < 4.78 is 1.24. The number of hydrogen-bond acceptors (Lipinski definition) is 0. The summed E-state index contributed by atoms with van der Waals surface area (Å²) in [4.78, 5) is 0. The van der Waals surface area contributed by atoms with Gasteiger partial charge in [-0.05, 0) is 34.7 Å². The van der Waals surface area contributed by atoms with Gasteiger partial charge >= 0.3 is 0 Å². The maximum atomic E-state index is 3.69. The van der Waals surface area contributed by atoms with Crippen LogP contribution >= 0.6 is 15.9 Å². The van der Waals surface area contributed by atoms with Crippen LogP contribution in [0.15, 0.2) is 53.0 Å². The summed E-state index contributed by atoms with van der Waals surface area (Å²) in [7, 11) is 0. The Balaban J connectivity index is 2.07. The number of allylic oxidation sites excluding steroid dienone is 1. The van der Waals surface area contributed by atoms with Crippen LogP contribution in [0.5, 0.6) is 0 Å². The Labute approximate surface area is 123 Å². The van der Waals surface area contributed by atoms with Gasteiger partial charge in [0.2, 0.25) is 0 Å². The van der Waals surface area contributed by atoms with E-state index in [4.69, 9.17) is 0 Å². The van der Waals surface area contributed by atoms with E-state index in [1.54, 1.807) is 0 Å². The van der Waals surface area contributed by atoms with E-state index in [0.717, 1.165) is 6.42 Å². The fraction of sp³-hybridized carbons (Fsp3) is 0.222. The highest BCUT2D eigenvalue weighted by atomic mass is 79.9. The van der Waals surface area contributed by atoms with Crippen LogP contribution in [0, 0.1) is 0 Å². The average Bonchev–Trinajstić information content (AvgIpc) is 2.87. The van der Waals surface area contributed by atoms with Gasteiger partial charge in [-0.25, -0.2) is 0 Å². The fourth-order valence-electron chi connectivity index (χ4n) is 2.88. The van der Waals surface area contributed by atoms with E-state index in [0.29, 0.717) is 5.92 Å². The highest BCUT2D eigenvalue weighted by molar-refractivity contribution is 9.10. The molecule has 0 spiro atoms. The maximum absolute atomic E-state index is 3.69. The van der Waals surface area contributed by atoms with E-state index in [9.17, 15) is 0 Å². The number of fused-ring (bicyclic) bond motifs is 1. The molecule has 1 aliphatic carbocycles. The fourth-order valence-corrected chi connectivity index (χ4v) is 3.42. The molecule has 0 aromatic heterocycles. The highest BCUT2D eigenvalue weighted by Gasteiger charge is 2.21. The molecule has 0 amide bonds. The minimum atomic E-state index is 0.417. The van der Waals surface area contributed by atoms with Crippen molar-refractivity contribution < 1.29 is 0 Å². The lowest BCUT2D eigenvalue weighted by atomic mass is 9.91. The second-order valence-electron chi connectivity index (χ2n) is 5.03.